The average molecular weight is 481 g/mol. The molecule has 0 aliphatic rings. The number of hydrogen-bond acceptors (Lipinski definition) is 2. The normalized spacial score (nSPS) is 11.3. The van der Waals surface area contributed by atoms with Crippen LogP contribution in [-0.4, -0.2) is 36.1 Å². The van der Waals surface area contributed by atoms with Gasteiger partial charge in [-0.25, -0.2) is 9.37 Å². The molecule has 0 fully saturated rings. The van der Waals surface area contributed by atoms with E-state index in [0.29, 0.717) is 6.54 Å². The number of hydrogen-bond donors (Lipinski definition) is 3. The van der Waals surface area contributed by atoms with Gasteiger partial charge in [0.25, 0.3) is 0 Å². The number of aromatic amines is 1. The van der Waals surface area contributed by atoms with Gasteiger partial charge in [-0.3, -0.25) is 4.99 Å². The van der Waals surface area contributed by atoms with Crippen molar-refractivity contribution in [1.29, 1.82) is 0 Å². The number of fused-ring (bicyclic) bond motifs is 1. The van der Waals surface area contributed by atoms with Crippen molar-refractivity contribution in [3.8, 4) is 0 Å². The first-order chi connectivity index (χ1) is 12.7. The van der Waals surface area contributed by atoms with Crippen LogP contribution in [0.15, 0.2) is 53.5 Å². The predicted molar refractivity (Wildman–Crippen MR) is 119 cm³/mol. The van der Waals surface area contributed by atoms with Crippen molar-refractivity contribution in [3.05, 3.63) is 65.7 Å². The van der Waals surface area contributed by atoms with E-state index in [2.05, 4.69) is 25.6 Å². The van der Waals surface area contributed by atoms with Crippen molar-refractivity contribution in [2.24, 2.45) is 4.99 Å². The quantitative estimate of drug-likeness (QED) is 0.209. The minimum Gasteiger partial charge on any atom is -0.356 e. The number of imidazole rings is 1. The molecule has 7 heteroatoms. The number of aryl methyl sites for hydroxylation is 1. The van der Waals surface area contributed by atoms with Gasteiger partial charge in [0.05, 0.1) is 11.0 Å². The van der Waals surface area contributed by atoms with E-state index in [4.69, 9.17) is 0 Å². The number of nitrogens with one attached hydrogen (secondary N) is 3. The van der Waals surface area contributed by atoms with Crippen molar-refractivity contribution < 1.29 is 4.39 Å². The van der Waals surface area contributed by atoms with Crippen LogP contribution in [0.25, 0.3) is 11.0 Å². The smallest absolute Gasteiger partial charge is 0.190 e. The van der Waals surface area contributed by atoms with E-state index in [9.17, 15) is 4.39 Å². The van der Waals surface area contributed by atoms with Crippen LogP contribution in [0.3, 0.4) is 0 Å². The number of rotatable bonds is 7. The molecular weight excluding hydrogens is 456 g/mol. The molecule has 3 aromatic rings. The molecule has 0 spiro atoms. The zero-order chi connectivity index (χ0) is 18.2. The molecule has 0 saturated carbocycles. The first-order valence-electron chi connectivity index (χ1n) is 8.87. The first-order valence-corrected chi connectivity index (χ1v) is 8.87. The largest absolute Gasteiger partial charge is 0.356 e. The summed E-state index contributed by atoms with van der Waals surface area (Å²) in [5.74, 6) is 1.56. The fourth-order valence-corrected chi connectivity index (χ4v) is 2.82. The molecule has 0 atom stereocenters. The second kappa shape index (κ2) is 10.9. The van der Waals surface area contributed by atoms with Gasteiger partial charge >= 0.3 is 0 Å². The molecule has 144 valence electrons. The van der Waals surface area contributed by atoms with Crippen LogP contribution < -0.4 is 10.6 Å². The van der Waals surface area contributed by atoms with Gasteiger partial charge in [0.15, 0.2) is 5.96 Å². The maximum Gasteiger partial charge on any atom is 0.190 e. The summed E-state index contributed by atoms with van der Waals surface area (Å²) in [6, 6.07) is 14.7. The lowest BCUT2D eigenvalue weighted by Gasteiger charge is -2.11. The molecule has 0 unspecified atom stereocenters. The van der Waals surface area contributed by atoms with Crippen LogP contribution in [0.2, 0.25) is 0 Å². The van der Waals surface area contributed by atoms with E-state index in [1.807, 2.05) is 30.3 Å². The minimum atomic E-state index is -0.199. The van der Waals surface area contributed by atoms with Crippen molar-refractivity contribution in [2.45, 2.75) is 19.3 Å². The Balaban J connectivity index is 0.00000261. The van der Waals surface area contributed by atoms with E-state index in [1.165, 1.54) is 6.07 Å². The summed E-state index contributed by atoms with van der Waals surface area (Å²) < 4.78 is 13.2. The molecule has 0 amide bonds. The zero-order valence-corrected chi connectivity index (χ0v) is 17.7. The monoisotopic (exact) mass is 481 g/mol. The van der Waals surface area contributed by atoms with Crippen LogP contribution >= 0.6 is 24.0 Å². The Hall–Kier alpha value is -2.16. The van der Waals surface area contributed by atoms with Gasteiger partial charge in [0.1, 0.15) is 11.6 Å². The average Bonchev–Trinajstić information content (AvgIpc) is 3.06. The van der Waals surface area contributed by atoms with Crippen LogP contribution in [0.1, 0.15) is 17.8 Å². The number of halogens is 2. The van der Waals surface area contributed by atoms with Crippen LogP contribution in [-0.2, 0) is 12.8 Å². The molecule has 0 saturated heterocycles. The third kappa shape index (κ3) is 6.50. The van der Waals surface area contributed by atoms with E-state index in [-0.39, 0.29) is 29.8 Å². The van der Waals surface area contributed by atoms with Gasteiger partial charge in [-0.15, -0.1) is 24.0 Å². The summed E-state index contributed by atoms with van der Waals surface area (Å²) in [5, 5.41) is 6.54. The summed E-state index contributed by atoms with van der Waals surface area (Å²) in [6.07, 6.45) is 2.57. The second-order valence-electron chi connectivity index (χ2n) is 6.11. The minimum absolute atomic E-state index is 0. The molecule has 2 aromatic carbocycles. The molecule has 0 aliphatic heterocycles. The number of guanidine groups is 1. The number of para-hydroxylation sites is 2. The number of benzene rings is 2. The molecule has 5 nitrogen and oxygen atoms in total. The second-order valence-corrected chi connectivity index (χ2v) is 6.11. The van der Waals surface area contributed by atoms with Crippen molar-refractivity contribution in [1.82, 2.24) is 20.6 Å². The zero-order valence-electron chi connectivity index (χ0n) is 15.3. The number of aliphatic imine (C=N–C) groups is 1. The topological polar surface area (TPSA) is 65.1 Å². The number of nitrogens with zero attached hydrogens (tertiary/aromatic N) is 2. The first kappa shape index (κ1) is 21.1. The van der Waals surface area contributed by atoms with Gasteiger partial charge in [-0.1, -0.05) is 24.3 Å². The lowest BCUT2D eigenvalue weighted by atomic mass is 10.1. The molecule has 0 radical (unpaired) electrons. The van der Waals surface area contributed by atoms with Gasteiger partial charge in [0, 0.05) is 26.6 Å². The van der Waals surface area contributed by atoms with Crippen molar-refractivity contribution in [3.63, 3.8) is 0 Å². The Morgan fingerprint density at radius 2 is 1.89 bits per heavy atom. The van der Waals surface area contributed by atoms with Gasteiger partial charge in [0.2, 0.25) is 0 Å². The van der Waals surface area contributed by atoms with Crippen molar-refractivity contribution in [2.75, 3.05) is 20.1 Å². The molecule has 0 aliphatic carbocycles. The summed E-state index contributed by atoms with van der Waals surface area (Å²) in [5.41, 5.74) is 3.05. The third-order valence-corrected chi connectivity index (χ3v) is 4.14. The maximum absolute atomic E-state index is 13.2. The fourth-order valence-electron chi connectivity index (χ4n) is 2.82. The Bertz CT molecular complexity index is 844. The molecule has 1 heterocycles. The van der Waals surface area contributed by atoms with E-state index < -0.39 is 0 Å². The molecule has 27 heavy (non-hydrogen) atoms. The molecule has 1 aromatic heterocycles. The summed E-state index contributed by atoms with van der Waals surface area (Å²) >= 11 is 0. The summed E-state index contributed by atoms with van der Waals surface area (Å²) in [7, 11) is 1.75. The van der Waals surface area contributed by atoms with Crippen molar-refractivity contribution >= 4 is 41.0 Å². The summed E-state index contributed by atoms with van der Waals surface area (Å²) in [6.45, 7) is 1.50. The lowest BCUT2D eigenvalue weighted by molar-refractivity contribution is 0.625. The SMILES string of the molecule is CN=C(NCCCc1nc2ccccc2[nH]1)NCCc1cccc(F)c1.I. The van der Waals surface area contributed by atoms with E-state index in [1.54, 1.807) is 19.2 Å². The molecule has 3 rings (SSSR count). The Morgan fingerprint density at radius 1 is 1.07 bits per heavy atom. The highest BCUT2D eigenvalue weighted by molar-refractivity contribution is 14.0. The molecule has 3 N–H and O–H groups in total. The highest BCUT2D eigenvalue weighted by Gasteiger charge is 2.03. The number of H-pyrrole nitrogens is 1. The van der Waals surface area contributed by atoms with Crippen LogP contribution in [0.5, 0.6) is 0 Å². The fraction of sp³-hybridized carbons (Fsp3) is 0.300. The van der Waals surface area contributed by atoms with Crippen LogP contribution in [0, 0.1) is 5.82 Å². The lowest BCUT2D eigenvalue weighted by Crippen LogP contribution is -2.38. The van der Waals surface area contributed by atoms with E-state index >= 15 is 0 Å². The third-order valence-electron chi connectivity index (χ3n) is 4.14. The Kier molecular flexibility index (Phi) is 8.50. The predicted octanol–water partition coefficient (Wildman–Crippen LogP) is 3.66. The highest BCUT2D eigenvalue weighted by atomic mass is 127. The van der Waals surface area contributed by atoms with Gasteiger partial charge in [-0.2, -0.15) is 0 Å². The van der Waals surface area contributed by atoms with Gasteiger partial charge < -0.3 is 15.6 Å². The maximum atomic E-state index is 13.2. The highest BCUT2D eigenvalue weighted by Crippen LogP contribution is 2.11. The molecule has 0 bridgehead atoms. The number of aromatic nitrogens is 2. The van der Waals surface area contributed by atoms with Crippen LogP contribution in [0.4, 0.5) is 4.39 Å². The molecular formula is C20H25FIN5. The van der Waals surface area contributed by atoms with Gasteiger partial charge in [-0.05, 0) is 42.7 Å². The Morgan fingerprint density at radius 3 is 2.67 bits per heavy atom. The Labute approximate surface area is 175 Å². The summed E-state index contributed by atoms with van der Waals surface area (Å²) in [4.78, 5) is 12.1. The standard InChI is InChI=1S/C20H24FN5.HI/c1-22-20(24-13-11-15-6-4-7-16(21)14-15)23-12-5-10-19-25-17-8-2-3-9-18(17)26-19;/h2-4,6-9,14H,5,10-13H2,1H3,(H,25,26)(H2,22,23,24);1H. The van der Waals surface area contributed by atoms with E-state index in [0.717, 1.165) is 54.2 Å².